The molecule has 0 aromatic carbocycles. The van der Waals surface area contributed by atoms with Gasteiger partial charge in [-0.05, 0) is 27.7 Å². The Morgan fingerprint density at radius 2 is 2.17 bits per heavy atom. The summed E-state index contributed by atoms with van der Waals surface area (Å²) < 4.78 is 0. The summed E-state index contributed by atoms with van der Waals surface area (Å²) in [6.45, 7) is 10.4. The second-order valence-corrected chi connectivity index (χ2v) is 5.35. The molecule has 0 radical (unpaired) electrons. The fraction of sp³-hybridized carbons (Fsp3) is 0.692. The molecule has 0 saturated carbocycles. The van der Waals surface area contributed by atoms with Gasteiger partial charge in [0.25, 0.3) is 0 Å². The highest BCUT2D eigenvalue weighted by molar-refractivity contribution is 7.09. The van der Waals surface area contributed by atoms with Crippen molar-refractivity contribution in [1.29, 1.82) is 0 Å². The van der Waals surface area contributed by atoms with Gasteiger partial charge in [-0.25, -0.2) is 4.98 Å². The molecule has 5 heteroatoms. The molecule has 0 aliphatic rings. The lowest BCUT2D eigenvalue weighted by molar-refractivity contribution is -0.130. The summed E-state index contributed by atoms with van der Waals surface area (Å²) in [5.74, 6) is 0.217. The van der Waals surface area contributed by atoms with Crippen LogP contribution in [-0.4, -0.2) is 35.4 Å². The van der Waals surface area contributed by atoms with Gasteiger partial charge in [-0.1, -0.05) is 0 Å². The molecule has 1 aromatic rings. The predicted molar refractivity (Wildman–Crippen MR) is 75.8 cm³/mol. The van der Waals surface area contributed by atoms with Crippen LogP contribution in [0.25, 0.3) is 0 Å². The molecule has 18 heavy (non-hydrogen) atoms. The van der Waals surface area contributed by atoms with E-state index in [9.17, 15) is 4.79 Å². The first-order valence-corrected chi connectivity index (χ1v) is 7.39. The number of amides is 1. The summed E-state index contributed by atoms with van der Waals surface area (Å²) in [5.41, 5.74) is 1.06. The Morgan fingerprint density at radius 3 is 2.67 bits per heavy atom. The van der Waals surface area contributed by atoms with E-state index < -0.39 is 0 Å². The molecule has 1 N–H and O–H groups in total. The molecule has 1 rings (SSSR count). The molecule has 1 unspecified atom stereocenters. The summed E-state index contributed by atoms with van der Waals surface area (Å²) in [6.07, 6.45) is 0.551. The Labute approximate surface area is 113 Å². The average molecular weight is 269 g/mol. The molecule has 4 nitrogen and oxygen atoms in total. The molecule has 1 amide bonds. The maximum atomic E-state index is 11.8. The van der Waals surface area contributed by atoms with Crippen LogP contribution < -0.4 is 5.32 Å². The lowest BCUT2D eigenvalue weighted by atomic mass is 10.2. The van der Waals surface area contributed by atoms with Gasteiger partial charge in [0.15, 0.2) is 0 Å². The van der Waals surface area contributed by atoms with E-state index in [-0.39, 0.29) is 11.9 Å². The molecular weight excluding hydrogens is 246 g/mol. The van der Waals surface area contributed by atoms with Gasteiger partial charge in [-0.15, -0.1) is 11.3 Å². The number of thiazole rings is 1. The minimum absolute atomic E-state index is 0.208. The topological polar surface area (TPSA) is 45.2 Å². The number of carbonyl (C=O) groups excluding carboxylic acids is 1. The van der Waals surface area contributed by atoms with E-state index in [2.05, 4.69) is 22.6 Å². The first-order chi connectivity index (χ1) is 8.58. The molecular formula is C13H23N3OS. The highest BCUT2D eigenvalue weighted by atomic mass is 32.1. The SMILES string of the molecule is CCN(CC)C(=O)CCNC(C)c1csc(C)n1. The lowest BCUT2D eigenvalue weighted by Crippen LogP contribution is -2.33. The van der Waals surface area contributed by atoms with Crippen LogP contribution in [0.1, 0.15) is 43.9 Å². The zero-order valence-electron chi connectivity index (χ0n) is 11.7. The first-order valence-electron chi connectivity index (χ1n) is 6.51. The number of aryl methyl sites for hydroxylation is 1. The van der Waals surface area contributed by atoms with Crippen LogP contribution in [0.2, 0.25) is 0 Å². The lowest BCUT2D eigenvalue weighted by Gasteiger charge is -2.19. The molecule has 1 aromatic heterocycles. The fourth-order valence-corrected chi connectivity index (χ4v) is 2.52. The summed E-state index contributed by atoms with van der Waals surface area (Å²) in [5, 5.41) is 6.49. The Bertz CT molecular complexity index is 374. The standard InChI is InChI=1S/C13H23N3OS/c1-5-16(6-2)13(17)7-8-14-10(3)12-9-18-11(4)15-12/h9-10,14H,5-8H2,1-4H3. The second kappa shape index (κ2) is 7.48. The van der Waals surface area contributed by atoms with Crippen molar-refractivity contribution in [3.63, 3.8) is 0 Å². The van der Waals surface area contributed by atoms with Gasteiger partial charge in [0.2, 0.25) is 5.91 Å². The van der Waals surface area contributed by atoms with Crippen molar-refractivity contribution >= 4 is 17.2 Å². The number of aromatic nitrogens is 1. The maximum Gasteiger partial charge on any atom is 0.223 e. The van der Waals surface area contributed by atoms with Crippen molar-refractivity contribution in [2.75, 3.05) is 19.6 Å². The zero-order valence-corrected chi connectivity index (χ0v) is 12.5. The minimum Gasteiger partial charge on any atom is -0.343 e. The van der Waals surface area contributed by atoms with Gasteiger partial charge in [0, 0.05) is 37.5 Å². The van der Waals surface area contributed by atoms with Crippen LogP contribution in [0.4, 0.5) is 0 Å². The van der Waals surface area contributed by atoms with Crippen LogP contribution in [0.5, 0.6) is 0 Å². The largest absolute Gasteiger partial charge is 0.343 e. The van der Waals surface area contributed by atoms with Crippen molar-refractivity contribution in [2.45, 2.75) is 40.2 Å². The van der Waals surface area contributed by atoms with Gasteiger partial charge < -0.3 is 10.2 Å². The van der Waals surface area contributed by atoms with Gasteiger partial charge in [-0.3, -0.25) is 4.79 Å². The van der Waals surface area contributed by atoms with Crippen LogP contribution in [-0.2, 0) is 4.79 Å². The molecule has 0 spiro atoms. The third-order valence-electron chi connectivity index (χ3n) is 2.99. The van der Waals surface area contributed by atoms with Gasteiger partial charge in [-0.2, -0.15) is 0 Å². The monoisotopic (exact) mass is 269 g/mol. The summed E-state index contributed by atoms with van der Waals surface area (Å²) in [7, 11) is 0. The van der Waals surface area contributed by atoms with Crippen molar-refractivity contribution in [2.24, 2.45) is 0 Å². The van der Waals surface area contributed by atoms with Gasteiger partial charge >= 0.3 is 0 Å². The number of nitrogens with one attached hydrogen (secondary N) is 1. The van der Waals surface area contributed by atoms with Crippen molar-refractivity contribution in [1.82, 2.24) is 15.2 Å². The van der Waals surface area contributed by atoms with E-state index >= 15 is 0 Å². The molecule has 0 saturated heterocycles. The molecule has 0 bridgehead atoms. The van der Waals surface area contributed by atoms with Crippen LogP contribution in [0.3, 0.4) is 0 Å². The van der Waals surface area contributed by atoms with E-state index in [0.29, 0.717) is 13.0 Å². The van der Waals surface area contributed by atoms with Crippen LogP contribution in [0.15, 0.2) is 5.38 Å². The van der Waals surface area contributed by atoms with E-state index in [0.717, 1.165) is 23.8 Å². The maximum absolute atomic E-state index is 11.8. The van der Waals surface area contributed by atoms with Crippen molar-refractivity contribution < 1.29 is 4.79 Å². The Morgan fingerprint density at radius 1 is 1.50 bits per heavy atom. The van der Waals surface area contributed by atoms with Crippen LogP contribution in [0, 0.1) is 6.92 Å². The molecule has 0 aliphatic heterocycles. The number of hydrogen-bond acceptors (Lipinski definition) is 4. The number of rotatable bonds is 7. The summed E-state index contributed by atoms with van der Waals surface area (Å²) in [4.78, 5) is 18.1. The normalized spacial score (nSPS) is 12.4. The first kappa shape index (κ1) is 15.1. The van der Waals surface area contributed by atoms with E-state index in [1.165, 1.54) is 0 Å². The number of hydrogen-bond donors (Lipinski definition) is 1. The zero-order chi connectivity index (χ0) is 13.5. The number of carbonyl (C=O) groups is 1. The third kappa shape index (κ3) is 4.38. The highest BCUT2D eigenvalue weighted by Crippen LogP contribution is 2.15. The molecule has 1 heterocycles. The molecule has 1 atom stereocenters. The van der Waals surface area contributed by atoms with E-state index in [1.807, 2.05) is 25.7 Å². The van der Waals surface area contributed by atoms with E-state index in [1.54, 1.807) is 11.3 Å². The molecule has 102 valence electrons. The van der Waals surface area contributed by atoms with Crippen LogP contribution >= 0.6 is 11.3 Å². The van der Waals surface area contributed by atoms with Crippen molar-refractivity contribution in [3.05, 3.63) is 16.1 Å². The third-order valence-corrected chi connectivity index (χ3v) is 3.78. The van der Waals surface area contributed by atoms with Gasteiger partial charge in [0.05, 0.1) is 10.7 Å². The molecule has 0 aliphatic carbocycles. The fourth-order valence-electron chi connectivity index (χ4n) is 1.81. The Balaban J connectivity index is 2.31. The Kier molecular flexibility index (Phi) is 6.29. The van der Waals surface area contributed by atoms with E-state index in [4.69, 9.17) is 0 Å². The second-order valence-electron chi connectivity index (χ2n) is 4.28. The van der Waals surface area contributed by atoms with Crippen molar-refractivity contribution in [3.8, 4) is 0 Å². The van der Waals surface area contributed by atoms with Gasteiger partial charge in [0.1, 0.15) is 0 Å². The average Bonchev–Trinajstić information content (AvgIpc) is 2.77. The number of nitrogens with zero attached hydrogens (tertiary/aromatic N) is 2. The Hall–Kier alpha value is -0.940. The highest BCUT2D eigenvalue weighted by Gasteiger charge is 2.11. The smallest absolute Gasteiger partial charge is 0.223 e. The predicted octanol–water partition coefficient (Wildman–Crippen LogP) is 2.36. The summed E-state index contributed by atoms with van der Waals surface area (Å²) >= 11 is 1.66. The molecule has 0 fully saturated rings. The summed E-state index contributed by atoms with van der Waals surface area (Å²) in [6, 6.07) is 0.208. The quantitative estimate of drug-likeness (QED) is 0.826. The minimum atomic E-state index is 0.208.